The van der Waals surface area contributed by atoms with E-state index in [4.69, 9.17) is 10.00 Å². The fourth-order valence-electron chi connectivity index (χ4n) is 5.32. The number of hydrogen-bond acceptors (Lipinski definition) is 9. The van der Waals surface area contributed by atoms with Gasteiger partial charge in [0.1, 0.15) is 23.6 Å². The number of nitriles is 1. The molecule has 2 amide bonds. The summed E-state index contributed by atoms with van der Waals surface area (Å²) in [7, 11) is 1.99. The van der Waals surface area contributed by atoms with Crippen LogP contribution >= 0.6 is 11.8 Å². The molecule has 1 aromatic carbocycles. The molecule has 236 valence electrons. The lowest BCUT2D eigenvalue weighted by Crippen LogP contribution is -2.46. The molecule has 0 spiro atoms. The fourth-order valence-corrected chi connectivity index (χ4v) is 6.02. The second-order valence-corrected chi connectivity index (χ2v) is 11.8. The molecule has 4 aromatic rings. The number of halogens is 2. The number of thioether (sulfide) groups is 1. The lowest BCUT2D eigenvalue weighted by Gasteiger charge is -2.36. The third-order valence-corrected chi connectivity index (χ3v) is 8.46. The molecule has 4 heterocycles. The summed E-state index contributed by atoms with van der Waals surface area (Å²) in [6, 6.07) is 8.94. The first-order valence-corrected chi connectivity index (χ1v) is 15.5. The van der Waals surface area contributed by atoms with Crippen LogP contribution in [0.2, 0.25) is 0 Å². The standard InChI is InChI=1S/C30H33F2N9O3S/c1-3-45-21-6-7-25(44-30(31)32)22(16-21)27-24(36-29(43)23-17-35-41-13-5-11-34-28(23)41)18-40(37-27)19-26(42)39-14-8-20(9-15-39)38(2)12-4-10-33/h5-7,11,13,16-18,20,30H,3-4,8-9,12,14-15,19H2,1-2H3,(H,36,43). The number of ether oxygens (including phenoxy) is 1. The Hall–Kier alpha value is -4.55. The van der Waals surface area contributed by atoms with Crippen molar-refractivity contribution in [1.29, 1.82) is 5.26 Å². The SMILES string of the molecule is CCSc1ccc(OC(F)F)c(-c2nn(CC(=O)N3CCC(N(C)CCC#N)CC3)cc2NC(=O)c2cnn3cccnc23)c1. The van der Waals surface area contributed by atoms with Gasteiger partial charge in [-0.05, 0) is 49.9 Å². The molecule has 5 rings (SSSR count). The van der Waals surface area contributed by atoms with Crippen LogP contribution in [-0.2, 0) is 11.3 Å². The van der Waals surface area contributed by atoms with Crippen LogP contribution in [0.5, 0.6) is 5.75 Å². The monoisotopic (exact) mass is 637 g/mol. The van der Waals surface area contributed by atoms with E-state index in [9.17, 15) is 18.4 Å². The third-order valence-electron chi connectivity index (χ3n) is 7.58. The van der Waals surface area contributed by atoms with Crippen molar-refractivity contribution in [3.8, 4) is 23.1 Å². The quantitative estimate of drug-likeness (QED) is 0.225. The molecule has 3 aromatic heterocycles. The van der Waals surface area contributed by atoms with Gasteiger partial charge in [0.15, 0.2) is 5.65 Å². The van der Waals surface area contributed by atoms with Gasteiger partial charge in [0.25, 0.3) is 5.91 Å². The number of alkyl halides is 2. The van der Waals surface area contributed by atoms with Crippen molar-refractivity contribution in [2.45, 2.75) is 50.3 Å². The molecule has 45 heavy (non-hydrogen) atoms. The maximum Gasteiger partial charge on any atom is 0.387 e. The molecule has 0 aliphatic carbocycles. The number of nitrogens with zero attached hydrogens (tertiary/aromatic N) is 8. The van der Waals surface area contributed by atoms with Gasteiger partial charge in [0, 0.05) is 61.1 Å². The van der Waals surface area contributed by atoms with Gasteiger partial charge < -0.3 is 19.9 Å². The Labute approximate surface area is 262 Å². The fraction of sp³-hybridized carbons (Fsp3) is 0.400. The molecule has 1 saturated heterocycles. The summed E-state index contributed by atoms with van der Waals surface area (Å²) in [5.41, 5.74) is 1.16. The second kappa shape index (κ2) is 14.5. The van der Waals surface area contributed by atoms with E-state index >= 15 is 0 Å². The van der Waals surface area contributed by atoms with E-state index < -0.39 is 12.5 Å². The van der Waals surface area contributed by atoms with E-state index in [0.29, 0.717) is 31.7 Å². The summed E-state index contributed by atoms with van der Waals surface area (Å²) in [5, 5.41) is 20.5. The topological polar surface area (TPSA) is 134 Å². The average Bonchev–Trinajstić information content (AvgIpc) is 3.64. The Balaban J connectivity index is 1.43. The molecule has 12 nitrogen and oxygen atoms in total. The van der Waals surface area contributed by atoms with E-state index in [1.165, 1.54) is 39.4 Å². The number of likely N-dealkylation sites (tertiary alicyclic amines) is 1. The summed E-state index contributed by atoms with van der Waals surface area (Å²) in [6.45, 7) is 0.564. The molecule has 1 aliphatic rings. The number of anilines is 1. The van der Waals surface area contributed by atoms with Gasteiger partial charge in [-0.3, -0.25) is 14.3 Å². The molecule has 0 radical (unpaired) electrons. The smallest absolute Gasteiger partial charge is 0.387 e. The zero-order valence-corrected chi connectivity index (χ0v) is 25.7. The van der Waals surface area contributed by atoms with Crippen molar-refractivity contribution in [3.05, 3.63) is 54.6 Å². The van der Waals surface area contributed by atoms with Gasteiger partial charge in [0.2, 0.25) is 5.91 Å². The summed E-state index contributed by atoms with van der Waals surface area (Å²) < 4.78 is 34.5. The van der Waals surface area contributed by atoms with E-state index in [-0.39, 0.29) is 46.8 Å². The summed E-state index contributed by atoms with van der Waals surface area (Å²) in [4.78, 5) is 35.8. The summed E-state index contributed by atoms with van der Waals surface area (Å²) in [5.74, 6) is -0.0640. The highest BCUT2D eigenvalue weighted by atomic mass is 32.2. The zero-order chi connectivity index (χ0) is 31.9. The highest BCUT2D eigenvalue weighted by molar-refractivity contribution is 7.99. The zero-order valence-electron chi connectivity index (χ0n) is 24.9. The molecule has 0 unspecified atom stereocenters. The van der Waals surface area contributed by atoms with Crippen molar-refractivity contribution in [3.63, 3.8) is 0 Å². The third kappa shape index (κ3) is 7.58. The first kappa shape index (κ1) is 31.9. The Kier molecular flexibility index (Phi) is 10.3. The predicted octanol–water partition coefficient (Wildman–Crippen LogP) is 4.39. The molecule has 1 aliphatic heterocycles. The highest BCUT2D eigenvalue weighted by Crippen LogP contribution is 2.38. The molecule has 0 bridgehead atoms. The molecule has 15 heteroatoms. The summed E-state index contributed by atoms with van der Waals surface area (Å²) >= 11 is 1.51. The number of carbonyl (C=O) groups is 2. The van der Waals surface area contributed by atoms with Crippen molar-refractivity contribution in [2.24, 2.45) is 0 Å². The first-order valence-electron chi connectivity index (χ1n) is 14.5. The number of nitrogens with one attached hydrogen (secondary N) is 1. The molecular formula is C30H33F2N9O3S. The van der Waals surface area contributed by atoms with Crippen LogP contribution in [0, 0.1) is 11.3 Å². The molecule has 0 saturated carbocycles. The second-order valence-electron chi connectivity index (χ2n) is 10.5. The van der Waals surface area contributed by atoms with Crippen LogP contribution in [0.1, 0.15) is 36.5 Å². The van der Waals surface area contributed by atoms with E-state index in [1.807, 2.05) is 14.0 Å². The maximum absolute atomic E-state index is 13.4. The Morgan fingerprint density at radius 1 is 1.29 bits per heavy atom. The Morgan fingerprint density at radius 3 is 2.82 bits per heavy atom. The van der Waals surface area contributed by atoms with Crippen LogP contribution in [0.3, 0.4) is 0 Å². The molecule has 1 fully saturated rings. The number of hydrogen-bond donors (Lipinski definition) is 1. The number of fused-ring (bicyclic) bond motifs is 1. The van der Waals surface area contributed by atoms with Crippen LogP contribution in [0.4, 0.5) is 14.5 Å². The van der Waals surface area contributed by atoms with Crippen molar-refractivity contribution in [2.75, 3.05) is 37.8 Å². The van der Waals surface area contributed by atoms with Crippen LogP contribution in [0.15, 0.2) is 53.9 Å². The Bertz CT molecular complexity index is 1700. The van der Waals surface area contributed by atoms with Crippen LogP contribution in [-0.4, -0.2) is 91.1 Å². The van der Waals surface area contributed by atoms with Crippen molar-refractivity contribution < 1.29 is 23.1 Å². The van der Waals surface area contributed by atoms with Gasteiger partial charge >= 0.3 is 6.61 Å². The van der Waals surface area contributed by atoms with Crippen molar-refractivity contribution in [1.82, 2.24) is 34.2 Å². The van der Waals surface area contributed by atoms with Gasteiger partial charge in [-0.1, -0.05) is 6.92 Å². The highest BCUT2D eigenvalue weighted by Gasteiger charge is 2.27. The molecule has 0 atom stereocenters. The number of carbonyl (C=O) groups excluding carboxylic acids is 2. The van der Waals surface area contributed by atoms with E-state index in [1.54, 1.807) is 35.5 Å². The summed E-state index contributed by atoms with van der Waals surface area (Å²) in [6.07, 6.45) is 8.11. The number of piperidine rings is 1. The predicted molar refractivity (Wildman–Crippen MR) is 164 cm³/mol. The van der Waals surface area contributed by atoms with E-state index in [2.05, 4.69) is 31.5 Å². The number of benzene rings is 1. The maximum atomic E-state index is 13.4. The lowest BCUT2D eigenvalue weighted by molar-refractivity contribution is -0.133. The normalized spacial score (nSPS) is 13.8. The number of amides is 2. The van der Waals surface area contributed by atoms with E-state index in [0.717, 1.165) is 23.5 Å². The largest absolute Gasteiger partial charge is 0.434 e. The van der Waals surface area contributed by atoms with Crippen LogP contribution < -0.4 is 10.1 Å². The number of aromatic nitrogens is 5. The van der Waals surface area contributed by atoms with Gasteiger partial charge in [-0.2, -0.15) is 24.2 Å². The van der Waals surface area contributed by atoms with Gasteiger partial charge in [-0.25, -0.2) is 9.50 Å². The minimum absolute atomic E-state index is 0.113. The lowest BCUT2D eigenvalue weighted by atomic mass is 10.0. The Morgan fingerprint density at radius 2 is 2.09 bits per heavy atom. The number of rotatable bonds is 12. The van der Waals surface area contributed by atoms with Crippen LogP contribution in [0.25, 0.3) is 16.9 Å². The average molecular weight is 638 g/mol. The molecule has 1 N–H and O–H groups in total. The molecular weight excluding hydrogens is 604 g/mol. The van der Waals surface area contributed by atoms with Gasteiger partial charge in [-0.15, -0.1) is 11.8 Å². The minimum atomic E-state index is -3.08. The van der Waals surface area contributed by atoms with Gasteiger partial charge in [0.05, 0.1) is 18.0 Å². The van der Waals surface area contributed by atoms with Crippen molar-refractivity contribution >= 4 is 34.9 Å². The minimum Gasteiger partial charge on any atom is -0.434 e. The first-order chi connectivity index (χ1) is 21.8.